The van der Waals surface area contributed by atoms with Crippen LogP contribution in [0.4, 0.5) is 5.69 Å². The number of piperidine rings is 2. The zero-order chi connectivity index (χ0) is 21.2. The van der Waals surface area contributed by atoms with E-state index in [2.05, 4.69) is 40.7 Å². The summed E-state index contributed by atoms with van der Waals surface area (Å²) in [4.78, 5) is 22.3. The Kier molecular flexibility index (Phi) is 5.66. The highest BCUT2D eigenvalue weighted by atomic mass is 16.2. The maximum absolute atomic E-state index is 13.0. The van der Waals surface area contributed by atoms with Gasteiger partial charge in [0.1, 0.15) is 5.82 Å². The third-order valence-corrected chi connectivity index (χ3v) is 6.80. The zero-order valence-electron chi connectivity index (χ0n) is 18.5. The molecule has 0 N–H and O–H groups in total. The summed E-state index contributed by atoms with van der Waals surface area (Å²) in [5.41, 5.74) is 5.37. The summed E-state index contributed by atoms with van der Waals surface area (Å²) in [6.07, 6.45) is 7.35. The highest BCUT2D eigenvalue weighted by Crippen LogP contribution is 2.24. The number of carbonyl (C=O) groups is 1. The molecule has 162 valence electrons. The molecule has 0 radical (unpaired) electrons. The molecule has 2 aromatic carbocycles. The average molecular weight is 417 g/mol. The second-order valence-corrected chi connectivity index (χ2v) is 9.02. The summed E-state index contributed by atoms with van der Waals surface area (Å²) in [5.74, 6) is 1.14. The van der Waals surface area contributed by atoms with Gasteiger partial charge in [-0.05, 0) is 81.3 Å². The summed E-state index contributed by atoms with van der Waals surface area (Å²) in [5, 5.41) is 0. The molecule has 31 heavy (non-hydrogen) atoms. The lowest BCUT2D eigenvalue weighted by Crippen LogP contribution is -2.35. The number of imidazole rings is 1. The topological polar surface area (TPSA) is 41.4 Å². The third kappa shape index (κ3) is 4.18. The molecule has 1 amide bonds. The lowest BCUT2D eigenvalue weighted by Gasteiger charge is -2.29. The van der Waals surface area contributed by atoms with Crippen LogP contribution in [-0.4, -0.2) is 46.5 Å². The molecule has 2 aliphatic rings. The first-order valence-electron chi connectivity index (χ1n) is 11.8. The second-order valence-electron chi connectivity index (χ2n) is 9.02. The molecule has 2 aliphatic heterocycles. The van der Waals surface area contributed by atoms with Gasteiger partial charge in [-0.2, -0.15) is 0 Å². The molecule has 3 aromatic rings. The van der Waals surface area contributed by atoms with Crippen molar-refractivity contribution in [3.63, 3.8) is 0 Å². The molecule has 2 saturated heterocycles. The summed E-state index contributed by atoms with van der Waals surface area (Å²) in [6.45, 7) is 6.87. The number of likely N-dealkylation sites (tertiary alicyclic amines) is 1. The Morgan fingerprint density at radius 2 is 1.65 bits per heavy atom. The fourth-order valence-electron chi connectivity index (χ4n) is 5.04. The number of aryl methyl sites for hydroxylation is 1. The quantitative estimate of drug-likeness (QED) is 0.600. The standard InChI is InChI=1S/C26H32N4O/c1-20-27-24-12-11-22(26(31)29-15-6-3-7-16-29)18-25(24)30(20)19-21-9-8-10-23(17-21)28-13-4-2-5-14-28/h8-12,17-18H,2-7,13-16,19H2,1H3. The van der Waals surface area contributed by atoms with Gasteiger partial charge >= 0.3 is 0 Å². The van der Waals surface area contributed by atoms with Crippen LogP contribution in [0, 0.1) is 6.92 Å². The molecule has 5 rings (SSSR count). The third-order valence-electron chi connectivity index (χ3n) is 6.80. The molecule has 0 unspecified atom stereocenters. The van der Waals surface area contributed by atoms with Crippen LogP contribution in [0.1, 0.15) is 60.3 Å². The summed E-state index contributed by atoms with van der Waals surface area (Å²) >= 11 is 0. The van der Waals surface area contributed by atoms with Crippen LogP contribution in [0.2, 0.25) is 0 Å². The van der Waals surface area contributed by atoms with Crippen molar-refractivity contribution in [3.05, 3.63) is 59.4 Å². The minimum atomic E-state index is 0.152. The van der Waals surface area contributed by atoms with Crippen molar-refractivity contribution in [2.75, 3.05) is 31.1 Å². The van der Waals surface area contributed by atoms with E-state index in [0.717, 1.165) is 68.0 Å². The molecule has 2 fully saturated rings. The largest absolute Gasteiger partial charge is 0.372 e. The molecular formula is C26H32N4O. The van der Waals surface area contributed by atoms with Gasteiger partial charge in [-0.3, -0.25) is 4.79 Å². The van der Waals surface area contributed by atoms with Gasteiger partial charge in [0.25, 0.3) is 5.91 Å². The predicted molar refractivity (Wildman–Crippen MR) is 126 cm³/mol. The molecule has 0 saturated carbocycles. The lowest BCUT2D eigenvalue weighted by atomic mass is 10.1. The average Bonchev–Trinajstić information content (AvgIpc) is 3.14. The van der Waals surface area contributed by atoms with E-state index in [1.807, 2.05) is 23.1 Å². The Bertz CT molecular complexity index is 1070. The van der Waals surface area contributed by atoms with Crippen molar-refractivity contribution < 1.29 is 4.79 Å². The Labute approximate surface area is 184 Å². The second kappa shape index (κ2) is 8.74. The van der Waals surface area contributed by atoms with Crippen LogP contribution in [-0.2, 0) is 6.54 Å². The van der Waals surface area contributed by atoms with Gasteiger partial charge in [0, 0.05) is 44.0 Å². The minimum absolute atomic E-state index is 0.152. The van der Waals surface area contributed by atoms with Gasteiger partial charge in [-0.15, -0.1) is 0 Å². The van der Waals surface area contributed by atoms with E-state index in [0.29, 0.717) is 0 Å². The van der Waals surface area contributed by atoms with Crippen LogP contribution in [0.5, 0.6) is 0 Å². The highest BCUT2D eigenvalue weighted by Gasteiger charge is 2.20. The number of hydrogen-bond acceptors (Lipinski definition) is 3. The van der Waals surface area contributed by atoms with Crippen LogP contribution in [0.25, 0.3) is 11.0 Å². The number of benzene rings is 2. The maximum Gasteiger partial charge on any atom is 0.253 e. The van der Waals surface area contributed by atoms with Gasteiger partial charge in [-0.25, -0.2) is 4.98 Å². The molecular weight excluding hydrogens is 384 g/mol. The van der Waals surface area contributed by atoms with Gasteiger partial charge in [-0.1, -0.05) is 12.1 Å². The number of hydrogen-bond donors (Lipinski definition) is 0. The summed E-state index contributed by atoms with van der Waals surface area (Å²) in [7, 11) is 0. The number of carbonyl (C=O) groups excluding carboxylic acids is 1. The Morgan fingerprint density at radius 3 is 2.42 bits per heavy atom. The van der Waals surface area contributed by atoms with Crippen molar-refractivity contribution in [2.45, 2.75) is 52.0 Å². The minimum Gasteiger partial charge on any atom is -0.372 e. The number of amides is 1. The number of fused-ring (bicyclic) bond motifs is 1. The fraction of sp³-hybridized carbons (Fsp3) is 0.462. The van der Waals surface area contributed by atoms with E-state index in [9.17, 15) is 4.79 Å². The Balaban J connectivity index is 1.43. The normalized spacial score (nSPS) is 17.3. The molecule has 3 heterocycles. The molecule has 5 heteroatoms. The first-order valence-corrected chi connectivity index (χ1v) is 11.8. The van der Waals surface area contributed by atoms with Crippen LogP contribution < -0.4 is 4.90 Å². The molecule has 0 atom stereocenters. The van der Waals surface area contributed by atoms with Gasteiger partial charge in [0.05, 0.1) is 11.0 Å². The smallest absolute Gasteiger partial charge is 0.253 e. The van der Waals surface area contributed by atoms with Crippen molar-refractivity contribution in [1.29, 1.82) is 0 Å². The van der Waals surface area contributed by atoms with Crippen molar-refractivity contribution >= 4 is 22.6 Å². The van der Waals surface area contributed by atoms with Crippen molar-refractivity contribution in [1.82, 2.24) is 14.5 Å². The number of nitrogens with zero attached hydrogens (tertiary/aromatic N) is 4. The lowest BCUT2D eigenvalue weighted by molar-refractivity contribution is 0.0724. The van der Waals surface area contributed by atoms with Gasteiger partial charge in [0.15, 0.2) is 0 Å². The Morgan fingerprint density at radius 1 is 0.903 bits per heavy atom. The summed E-state index contributed by atoms with van der Waals surface area (Å²) in [6, 6.07) is 14.9. The zero-order valence-corrected chi connectivity index (χ0v) is 18.5. The van der Waals surface area contributed by atoms with Crippen LogP contribution >= 0.6 is 0 Å². The number of rotatable bonds is 4. The number of anilines is 1. The molecule has 0 bridgehead atoms. The first kappa shape index (κ1) is 20.1. The van der Waals surface area contributed by atoms with Gasteiger partial charge < -0.3 is 14.4 Å². The SMILES string of the molecule is Cc1nc2ccc(C(=O)N3CCCCC3)cc2n1Cc1cccc(N2CCCCC2)c1. The van der Waals surface area contributed by atoms with E-state index >= 15 is 0 Å². The van der Waals surface area contributed by atoms with E-state index in [-0.39, 0.29) is 5.91 Å². The predicted octanol–water partition coefficient (Wildman–Crippen LogP) is 5.01. The van der Waals surface area contributed by atoms with E-state index in [4.69, 9.17) is 4.98 Å². The summed E-state index contributed by atoms with van der Waals surface area (Å²) < 4.78 is 2.25. The fourth-order valence-corrected chi connectivity index (χ4v) is 5.04. The van der Waals surface area contributed by atoms with Crippen molar-refractivity contribution in [2.24, 2.45) is 0 Å². The Hall–Kier alpha value is -2.82. The molecule has 1 aromatic heterocycles. The van der Waals surface area contributed by atoms with Gasteiger partial charge in [0.2, 0.25) is 0 Å². The van der Waals surface area contributed by atoms with Crippen LogP contribution in [0.3, 0.4) is 0 Å². The molecule has 5 nitrogen and oxygen atoms in total. The number of aromatic nitrogens is 2. The van der Waals surface area contributed by atoms with E-state index in [1.54, 1.807) is 0 Å². The molecule has 0 aliphatic carbocycles. The van der Waals surface area contributed by atoms with E-state index < -0.39 is 0 Å². The van der Waals surface area contributed by atoms with Crippen molar-refractivity contribution in [3.8, 4) is 0 Å². The highest BCUT2D eigenvalue weighted by molar-refractivity contribution is 5.97. The maximum atomic E-state index is 13.0. The van der Waals surface area contributed by atoms with E-state index in [1.165, 1.54) is 36.9 Å². The monoisotopic (exact) mass is 416 g/mol. The first-order chi connectivity index (χ1) is 15.2. The molecule has 0 spiro atoms. The van der Waals surface area contributed by atoms with Crippen LogP contribution in [0.15, 0.2) is 42.5 Å².